The van der Waals surface area contributed by atoms with Crippen LogP contribution >= 0.6 is 11.3 Å². The van der Waals surface area contributed by atoms with Crippen LogP contribution in [-0.4, -0.2) is 47.4 Å². The van der Waals surface area contributed by atoms with Crippen molar-refractivity contribution in [2.24, 2.45) is 7.05 Å². The van der Waals surface area contributed by atoms with Crippen molar-refractivity contribution in [3.8, 4) is 10.4 Å². The summed E-state index contributed by atoms with van der Waals surface area (Å²) in [4.78, 5) is 36.2. The van der Waals surface area contributed by atoms with Crippen molar-refractivity contribution in [1.29, 1.82) is 0 Å². The van der Waals surface area contributed by atoms with Crippen LogP contribution in [0, 0.1) is 6.92 Å². The average Bonchev–Trinajstić information content (AvgIpc) is 3.55. The highest BCUT2D eigenvalue weighted by Gasteiger charge is 2.26. The number of hydrogen-bond donors (Lipinski definition) is 1. The fourth-order valence-electron chi connectivity index (χ4n) is 4.89. The van der Waals surface area contributed by atoms with E-state index in [1.54, 1.807) is 23.0 Å². The summed E-state index contributed by atoms with van der Waals surface area (Å²) < 4.78 is 1.74. The SMILES string of the molecule is CCc1ccnc(N2CCN(c3ccc(NC(=O)C(=O)c4c(-c5cccs5)c(C)cn4C)cc3)CC2)c1. The lowest BCUT2D eigenvalue weighted by Crippen LogP contribution is -2.46. The molecule has 0 bridgehead atoms. The van der Waals surface area contributed by atoms with Gasteiger partial charge >= 0.3 is 0 Å². The average molecular weight is 514 g/mol. The molecule has 7 nitrogen and oxygen atoms in total. The molecule has 190 valence electrons. The van der Waals surface area contributed by atoms with Crippen molar-refractivity contribution in [3.63, 3.8) is 0 Å². The number of anilines is 3. The maximum absolute atomic E-state index is 13.2. The Morgan fingerprint density at radius 2 is 1.76 bits per heavy atom. The number of aryl methyl sites for hydroxylation is 3. The summed E-state index contributed by atoms with van der Waals surface area (Å²) in [6, 6.07) is 15.9. The lowest BCUT2D eigenvalue weighted by atomic mass is 10.1. The molecule has 0 aliphatic carbocycles. The molecule has 1 saturated heterocycles. The molecule has 1 fully saturated rings. The summed E-state index contributed by atoms with van der Waals surface area (Å²) in [5, 5.41) is 4.76. The molecule has 1 amide bonds. The zero-order valence-electron chi connectivity index (χ0n) is 21.4. The Hall–Kier alpha value is -3.91. The van der Waals surface area contributed by atoms with Crippen molar-refractivity contribution in [2.75, 3.05) is 41.3 Å². The second kappa shape index (κ2) is 10.6. The van der Waals surface area contributed by atoms with Crippen LogP contribution < -0.4 is 15.1 Å². The van der Waals surface area contributed by atoms with Gasteiger partial charge in [-0.1, -0.05) is 13.0 Å². The van der Waals surface area contributed by atoms with E-state index in [9.17, 15) is 9.59 Å². The largest absolute Gasteiger partial charge is 0.368 e. The third-order valence-electron chi connectivity index (χ3n) is 6.87. The first-order valence-corrected chi connectivity index (χ1v) is 13.4. The number of benzene rings is 1. The minimum absolute atomic E-state index is 0.408. The first-order chi connectivity index (χ1) is 17.9. The number of ketones is 1. The number of carbonyl (C=O) groups is 2. The highest BCUT2D eigenvalue weighted by molar-refractivity contribution is 7.13. The third kappa shape index (κ3) is 5.15. The first-order valence-electron chi connectivity index (χ1n) is 12.5. The Bertz CT molecular complexity index is 1400. The van der Waals surface area contributed by atoms with E-state index in [4.69, 9.17) is 0 Å². The summed E-state index contributed by atoms with van der Waals surface area (Å²) in [5.74, 6) is -0.139. The van der Waals surface area contributed by atoms with Crippen LogP contribution in [0.4, 0.5) is 17.2 Å². The van der Waals surface area contributed by atoms with E-state index in [2.05, 4.69) is 39.2 Å². The van der Waals surface area contributed by atoms with E-state index in [0.29, 0.717) is 11.4 Å². The zero-order chi connectivity index (χ0) is 25.9. The second-order valence-corrected chi connectivity index (χ2v) is 10.3. The van der Waals surface area contributed by atoms with Crippen LogP contribution in [-0.2, 0) is 18.3 Å². The molecule has 0 saturated carbocycles. The number of hydrogen-bond acceptors (Lipinski definition) is 6. The van der Waals surface area contributed by atoms with Crippen molar-refractivity contribution >= 4 is 40.2 Å². The number of aromatic nitrogens is 2. The lowest BCUT2D eigenvalue weighted by molar-refractivity contribution is -0.112. The predicted octanol–water partition coefficient (Wildman–Crippen LogP) is 5.17. The number of carbonyl (C=O) groups excluding carboxylic acids is 2. The smallest absolute Gasteiger partial charge is 0.298 e. The Balaban J connectivity index is 1.22. The van der Waals surface area contributed by atoms with E-state index >= 15 is 0 Å². The number of amides is 1. The molecule has 8 heteroatoms. The molecule has 1 N–H and O–H groups in total. The van der Waals surface area contributed by atoms with Gasteiger partial charge in [0.25, 0.3) is 11.7 Å². The minimum Gasteiger partial charge on any atom is -0.368 e. The molecule has 1 aliphatic heterocycles. The fourth-order valence-corrected chi connectivity index (χ4v) is 5.72. The van der Waals surface area contributed by atoms with E-state index < -0.39 is 11.7 Å². The number of nitrogens with zero attached hydrogens (tertiary/aromatic N) is 4. The van der Waals surface area contributed by atoms with Crippen molar-refractivity contribution in [3.05, 3.63) is 83.1 Å². The molecular weight excluding hydrogens is 482 g/mol. The molecule has 4 heterocycles. The number of rotatable bonds is 7. The van der Waals surface area contributed by atoms with Gasteiger partial charge in [0.2, 0.25) is 0 Å². The third-order valence-corrected chi connectivity index (χ3v) is 7.76. The molecule has 0 atom stereocenters. The molecule has 0 unspecified atom stereocenters. The normalized spacial score (nSPS) is 13.6. The van der Waals surface area contributed by atoms with Gasteiger partial charge in [-0.3, -0.25) is 9.59 Å². The van der Waals surface area contributed by atoms with E-state index in [0.717, 1.165) is 60.1 Å². The van der Waals surface area contributed by atoms with Gasteiger partial charge in [-0.05, 0) is 72.3 Å². The summed E-state index contributed by atoms with van der Waals surface area (Å²) >= 11 is 1.56. The Morgan fingerprint density at radius 1 is 1.03 bits per heavy atom. The molecular formula is C29H31N5O2S. The number of pyridine rings is 1. The van der Waals surface area contributed by atoms with E-state index in [1.165, 1.54) is 5.56 Å². The molecule has 4 aromatic rings. The molecule has 0 radical (unpaired) electrons. The van der Waals surface area contributed by atoms with E-state index in [-0.39, 0.29) is 0 Å². The number of thiophene rings is 1. The Morgan fingerprint density at radius 3 is 2.43 bits per heavy atom. The molecule has 1 aromatic carbocycles. The van der Waals surface area contributed by atoms with Gasteiger partial charge in [-0.15, -0.1) is 11.3 Å². The summed E-state index contributed by atoms with van der Waals surface area (Å²) in [5.41, 5.74) is 5.20. The highest BCUT2D eigenvalue weighted by Crippen LogP contribution is 2.33. The maximum atomic E-state index is 13.2. The Kier molecular flexibility index (Phi) is 7.10. The van der Waals surface area contributed by atoms with Crippen LogP contribution in [0.15, 0.2) is 66.3 Å². The first kappa shape index (κ1) is 24.8. The Labute approximate surface area is 221 Å². The van der Waals surface area contributed by atoms with Crippen molar-refractivity contribution in [2.45, 2.75) is 20.3 Å². The van der Waals surface area contributed by atoms with Gasteiger partial charge < -0.3 is 19.7 Å². The topological polar surface area (TPSA) is 70.5 Å². The fraction of sp³-hybridized carbons (Fsp3) is 0.276. The molecule has 0 spiro atoms. The summed E-state index contributed by atoms with van der Waals surface area (Å²) in [6.07, 6.45) is 4.78. The molecule has 5 rings (SSSR count). The quantitative estimate of drug-likeness (QED) is 0.273. The van der Waals surface area contributed by atoms with Gasteiger partial charge in [0.15, 0.2) is 0 Å². The van der Waals surface area contributed by atoms with Gasteiger partial charge in [-0.25, -0.2) is 4.98 Å². The van der Waals surface area contributed by atoms with Crippen LogP contribution in [0.2, 0.25) is 0 Å². The van der Waals surface area contributed by atoms with Gasteiger partial charge in [0.05, 0.1) is 0 Å². The second-order valence-electron chi connectivity index (χ2n) is 9.30. The maximum Gasteiger partial charge on any atom is 0.298 e. The van der Waals surface area contributed by atoms with Gasteiger partial charge in [-0.2, -0.15) is 0 Å². The molecule has 3 aromatic heterocycles. The summed E-state index contributed by atoms with van der Waals surface area (Å²) in [7, 11) is 1.80. The number of Topliss-reactive ketones (excluding diaryl/α,β-unsaturated/α-hetero) is 1. The van der Waals surface area contributed by atoms with Crippen LogP contribution in [0.5, 0.6) is 0 Å². The monoisotopic (exact) mass is 513 g/mol. The van der Waals surface area contributed by atoms with Crippen molar-refractivity contribution in [1.82, 2.24) is 9.55 Å². The lowest BCUT2D eigenvalue weighted by Gasteiger charge is -2.37. The standard InChI is InChI=1S/C29H31N5O2S/c1-4-21-11-12-30-25(18-21)34-15-13-33(14-16-34)23-9-7-22(8-10-23)31-29(36)28(35)27-26(20(2)19-32(27)3)24-6-5-17-37-24/h5-12,17-19H,4,13-16H2,1-3H3,(H,31,36). The van der Waals surface area contributed by atoms with Crippen molar-refractivity contribution < 1.29 is 9.59 Å². The molecule has 1 aliphatic rings. The van der Waals surface area contributed by atoms with Crippen LogP contribution in [0.3, 0.4) is 0 Å². The molecule has 37 heavy (non-hydrogen) atoms. The number of piperazine rings is 1. The van der Waals surface area contributed by atoms with E-state index in [1.807, 2.05) is 61.1 Å². The summed E-state index contributed by atoms with van der Waals surface area (Å²) in [6.45, 7) is 7.69. The highest BCUT2D eigenvalue weighted by atomic mass is 32.1. The predicted molar refractivity (Wildman–Crippen MR) is 151 cm³/mol. The van der Waals surface area contributed by atoms with Gasteiger partial charge in [0, 0.05) is 67.4 Å². The minimum atomic E-state index is -0.637. The van der Waals surface area contributed by atoms with Crippen LogP contribution in [0.25, 0.3) is 10.4 Å². The van der Waals surface area contributed by atoms with Gasteiger partial charge in [0.1, 0.15) is 11.5 Å². The number of nitrogens with one attached hydrogen (secondary N) is 1. The van der Waals surface area contributed by atoms with Crippen LogP contribution in [0.1, 0.15) is 28.5 Å². The zero-order valence-corrected chi connectivity index (χ0v) is 22.2.